The lowest BCUT2D eigenvalue weighted by molar-refractivity contribution is -0.143. The number of hydrogen-bond acceptors (Lipinski definition) is 8. The van der Waals surface area contributed by atoms with E-state index < -0.39 is 0 Å². The van der Waals surface area contributed by atoms with Gasteiger partial charge in [-0.1, -0.05) is 11.6 Å². The van der Waals surface area contributed by atoms with Crippen LogP contribution in [0.4, 0.5) is 0 Å². The van der Waals surface area contributed by atoms with Gasteiger partial charge in [0.25, 0.3) is 11.8 Å². The molecule has 1 saturated heterocycles. The fourth-order valence-electron chi connectivity index (χ4n) is 5.30. The number of nitrogens with one attached hydrogen (secondary N) is 3. The summed E-state index contributed by atoms with van der Waals surface area (Å²) in [5.74, 6) is -0.786. The van der Waals surface area contributed by atoms with Crippen LogP contribution in [0.25, 0.3) is 10.9 Å². The van der Waals surface area contributed by atoms with E-state index >= 15 is 0 Å². The van der Waals surface area contributed by atoms with Gasteiger partial charge in [-0.25, -0.2) is 4.98 Å². The van der Waals surface area contributed by atoms with Gasteiger partial charge in [-0.05, 0) is 45.0 Å². The summed E-state index contributed by atoms with van der Waals surface area (Å²) in [5.41, 5.74) is 2.22. The van der Waals surface area contributed by atoms with Crippen molar-refractivity contribution in [3.63, 3.8) is 0 Å². The first-order valence-electron chi connectivity index (χ1n) is 13.7. The van der Waals surface area contributed by atoms with Crippen molar-refractivity contribution in [2.24, 2.45) is 0 Å². The fourth-order valence-corrected chi connectivity index (χ4v) is 6.52. The van der Waals surface area contributed by atoms with Crippen LogP contribution in [-0.4, -0.2) is 88.5 Å². The number of H-pyrrole nitrogens is 1. The normalized spacial score (nSPS) is 19.6. The third-order valence-corrected chi connectivity index (χ3v) is 8.79. The van der Waals surface area contributed by atoms with Gasteiger partial charge in [0.05, 0.1) is 30.8 Å². The second kappa shape index (κ2) is 12.3. The molecule has 0 saturated carbocycles. The van der Waals surface area contributed by atoms with Crippen LogP contribution < -0.4 is 10.6 Å². The zero-order valence-electron chi connectivity index (χ0n) is 23.0. The molecule has 214 valence electrons. The number of aromatic amines is 1. The number of rotatable bonds is 9. The Kier molecular flexibility index (Phi) is 8.74. The van der Waals surface area contributed by atoms with Gasteiger partial charge in [-0.3, -0.25) is 24.2 Å². The van der Waals surface area contributed by atoms with Crippen molar-refractivity contribution in [2.45, 2.75) is 58.3 Å². The van der Waals surface area contributed by atoms with Crippen LogP contribution in [0.3, 0.4) is 0 Å². The zero-order valence-corrected chi connectivity index (χ0v) is 24.5. The van der Waals surface area contributed by atoms with E-state index in [0.717, 1.165) is 41.0 Å². The maximum atomic E-state index is 13.3. The number of thiazole rings is 1. The van der Waals surface area contributed by atoms with E-state index in [-0.39, 0.29) is 36.3 Å². The van der Waals surface area contributed by atoms with Crippen molar-refractivity contribution in [3.8, 4) is 0 Å². The highest BCUT2D eigenvalue weighted by Gasteiger charge is 2.36. The second-order valence-corrected chi connectivity index (χ2v) is 12.1. The Morgan fingerprint density at radius 2 is 1.93 bits per heavy atom. The van der Waals surface area contributed by atoms with Gasteiger partial charge >= 0.3 is 5.97 Å². The predicted molar refractivity (Wildman–Crippen MR) is 155 cm³/mol. The van der Waals surface area contributed by atoms with Crippen molar-refractivity contribution >= 4 is 51.6 Å². The van der Waals surface area contributed by atoms with Crippen LogP contribution in [0, 0.1) is 0 Å². The molecule has 2 aliphatic heterocycles. The van der Waals surface area contributed by atoms with E-state index in [9.17, 15) is 14.4 Å². The van der Waals surface area contributed by atoms with Gasteiger partial charge in [0.1, 0.15) is 5.69 Å². The summed E-state index contributed by atoms with van der Waals surface area (Å²) in [6.07, 6.45) is 1.07. The third kappa shape index (κ3) is 6.49. The van der Waals surface area contributed by atoms with Gasteiger partial charge in [0.15, 0.2) is 5.01 Å². The fraction of sp³-hybridized carbons (Fsp3) is 0.500. The van der Waals surface area contributed by atoms with Gasteiger partial charge in [-0.2, -0.15) is 0 Å². The SMILES string of the molecule is CCOC(=O)CCN1C[C@@H](NC(=O)c2cc3cc(Cl)ccc3[nH]2)[C@H](NC(=O)c2nc3c(s2)CN(C(C)C)CC3)C1. The Bertz CT molecular complexity index is 1400. The summed E-state index contributed by atoms with van der Waals surface area (Å²) in [4.78, 5) is 51.9. The van der Waals surface area contributed by atoms with Crippen LogP contribution in [0.15, 0.2) is 24.3 Å². The molecule has 10 nitrogen and oxygen atoms in total. The molecule has 2 amide bonds. The largest absolute Gasteiger partial charge is 0.466 e. The van der Waals surface area contributed by atoms with Gasteiger partial charge in [0.2, 0.25) is 0 Å². The summed E-state index contributed by atoms with van der Waals surface area (Å²) in [5, 5.41) is 8.08. The quantitative estimate of drug-likeness (QED) is 0.329. The molecule has 40 heavy (non-hydrogen) atoms. The van der Waals surface area contributed by atoms with E-state index in [1.807, 2.05) is 6.07 Å². The van der Waals surface area contributed by atoms with E-state index in [0.29, 0.717) is 48.0 Å². The molecule has 1 fully saturated rings. The number of amides is 2. The summed E-state index contributed by atoms with van der Waals surface area (Å²) >= 11 is 7.55. The standard InChI is InChI=1S/C28H35ClN6O4S/c1-4-39-25(36)8-9-34-13-22(31-26(37)21-12-17-11-18(29)5-6-19(17)30-21)23(14-34)32-27(38)28-33-20-7-10-35(16(2)3)15-24(20)40-28/h5-6,11-12,16,22-23,30H,4,7-10,13-15H2,1-3H3,(H,31,37)(H,32,38)/t22-,23-/m1/s1. The average molecular weight is 587 g/mol. The minimum atomic E-state index is -0.361. The van der Waals surface area contributed by atoms with Crippen molar-refractivity contribution in [1.82, 2.24) is 30.4 Å². The van der Waals surface area contributed by atoms with E-state index in [1.165, 1.54) is 11.3 Å². The molecule has 2 aromatic heterocycles. The number of carbonyl (C=O) groups excluding carboxylic acids is 3. The summed E-state index contributed by atoms with van der Waals surface area (Å²) in [6.45, 7) is 9.64. The number of esters is 1. The highest BCUT2D eigenvalue weighted by atomic mass is 35.5. The van der Waals surface area contributed by atoms with Crippen molar-refractivity contribution < 1.29 is 19.1 Å². The number of halogens is 1. The third-order valence-electron chi connectivity index (χ3n) is 7.48. The smallest absolute Gasteiger partial charge is 0.307 e. The molecule has 3 aromatic rings. The second-order valence-electron chi connectivity index (χ2n) is 10.6. The predicted octanol–water partition coefficient (Wildman–Crippen LogP) is 3.21. The Balaban J connectivity index is 1.29. The highest BCUT2D eigenvalue weighted by molar-refractivity contribution is 7.13. The number of nitrogens with zero attached hydrogens (tertiary/aromatic N) is 3. The Morgan fingerprint density at radius 1 is 1.18 bits per heavy atom. The van der Waals surface area contributed by atoms with Crippen LogP contribution in [0.5, 0.6) is 0 Å². The van der Waals surface area contributed by atoms with Crippen LogP contribution >= 0.6 is 22.9 Å². The summed E-state index contributed by atoms with van der Waals surface area (Å²) in [7, 11) is 0. The minimum Gasteiger partial charge on any atom is -0.466 e. The molecule has 0 aliphatic carbocycles. The van der Waals surface area contributed by atoms with Crippen molar-refractivity contribution in [2.75, 3.05) is 32.8 Å². The molecule has 2 aliphatic rings. The number of benzene rings is 1. The summed E-state index contributed by atoms with van der Waals surface area (Å²) < 4.78 is 5.07. The van der Waals surface area contributed by atoms with Gasteiger partial charge < -0.3 is 20.4 Å². The monoisotopic (exact) mass is 586 g/mol. The van der Waals surface area contributed by atoms with Crippen molar-refractivity contribution in [3.05, 3.63) is 50.6 Å². The molecule has 0 spiro atoms. The Morgan fingerprint density at radius 3 is 2.65 bits per heavy atom. The van der Waals surface area contributed by atoms with Crippen molar-refractivity contribution in [1.29, 1.82) is 0 Å². The molecule has 1 aromatic carbocycles. The number of carbonyl (C=O) groups is 3. The summed E-state index contributed by atoms with van der Waals surface area (Å²) in [6, 6.07) is 6.88. The van der Waals surface area contributed by atoms with E-state index in [2.05, 4.69) is 44.2 Å². The Hall–Kier alpha value is -2.99. The van der Waals surface area contributed by atoms with E-state index in [1.54, 1.807) is 25.1 Å². The van der Waals surface area contributed by atoms with Gasteiger partial charge in [-0.15, -0.1) is 11.3 Å². The highest BCUT2D eigenvalue weighted by Crippen LogP contribution is 2.27. The number of aromatic nitrogens is 2. The number of hydrogen-bond donors (Lipinski definition) is 3. The average Bonchev–Trinajstić information content (AvgIpc) is 3.63. The van der Waals surface area contributed by atoms with Crippen LogP contribution in [-0.2, 0) is 22.5 Å². The molecular weight excluding hydrogens is 552 g/mol. The number of likely N-dealkylation sites (tertiary alicyclic amines) is 1. The first kappa shape index (κ1) is 28.5. The van der Waals surface area contributed by atoms with Gasteiger partial charge in [0, 0.05) is 66.0 Å². The molecule has 4 heterocycles. The van der Waals surface area contributed by atoms with E-state index in [4.69, 9.17) is 16.3 Å². The maximum absolute atomic E-state index is 13.3. The first-order chi connectivity index (χ1) is 19.2. The van der Waals surface area contributed by atoms with Crippen LogP contribution in [0.2, 0.25) is 5.02 Å². The lowest BCUT2D eigenvalue weighted by Crippen LogP contribution is -2.51. The molecule has 12 heteroatoms. The molecule has 5 rings (SSSR count). The number of ether oxygens (including phenoxy) is 1. The molecular formula is C28H35ClN6O4S. The molecule has 3 N–H and O–H groups in total. The first-order valence-corrected chi connectivity index (χ1v) is 14.9. The molecule has 0 bridgehead atoms. The minimum absolute atomic E-state index is 0.240. The Labute approximate surface area is 242 Å². The maximum Gasteiger partial charge on any atom is 0.307 e. The number of fused-ring (bicyclic) bond motifs is 2. The topological polar surface area (TPSA) is 120 Å². The lowest BCUT2D eigenvalue weighted by Gasteiger charge is -2.29. The van der Waals surface area contributed by atoms with Crippen LogP contribution in [0.1, 0.15) is 58.1 Å². The molecule has 0 radical (unpaired) electrons. The zero-order chi connectivity index (χ0) is 28.4. The molecule has 2 atom stereocenters. The lowest BCUT2D eigenvalue weighted by atomic mass is 10.1. The molecule has 0 unspecified atom stereocenters.